The van der Waals surface area contributed by atoms with Gasteiger partial charge in [0, 0.05) is 29.6 Å². The van der Waals surface area contributed by atoms with E-state index in [1.165, 1.54) is 37.9 Å². The Bertz CT molecular complexity index is 755. The molecule has 1 heterocycles. The van der Waals surface area contributed by atoms with Crippen molar-refractivity contribution in [1.29, 1.82) is 0 Å². The van der Waals surface area contributed by atoms with Crippen molar-refractivity contribution in [3.05, 3.63) is 69.2 Å². The maximum absolute atomic E-state index is 12.1. The van der Waals surface area contributed by atoms with Gasteiger partial charge in [-0.05, 0) is 61.2 Å². The fraction of sp³-hybridized carbons (Fsp3) is 0.409. The summed E-state index contributed by atoms with van der Waals surface area (Å²) in [6, 6.07) is 13.9. The van der Waals surface area contributed by atoms with Gasteiger partial charge in [0.05, 0.1) is 0 Å². The number of nitrogens with zero attached hydrogens (tertiary/aromatic N) is 1. The molecule has 1 fully saturated rings. The number of halogens is 2. The molecule has 1 N–H and O–H groups in total. The third-order valence-electron chi connectivity index (χ3n) is 5.00. The molecule has 0 aliphatic carbocycles. The molecule has 1 saturated heterocycles. The lowest BCUT2D eigenvalue weighted by molar-refractivity contribution is -0.121. The van der Waals surface area contributed by atoms with Crippen LogP contribution in [0.2, 0.25) is 10.0 Å². The van der Waals surface area contributed by atoms with Crippen LogP contribution in [0.1, 0.15) is 42.4 Å². The summed E-state index contributed by atoms with van der Waals surface area (Å²) in [4.78, 5) is 14.6. The van der Waals surface area contributed by atoms with E-state index in [2.05, 4.69) is 34.5 Å². The first kappa shape index (κ1) is 20.2. The fourth-order valence-electron chi connectivity index (χ4n) is 3.40. The molecule has 1 aliphatic rings. The van der Waals surface area contributed by atoms with Gasteiger partial charge in [-0.25, -0.2) is 0 Å². The Morgan fingerprint density at radius 1 is 0.963 bits per heavy atom. The highest BCUT2D eigenvalue weighted by atomic mass is 35.5. The molecular weight excluding hydrogens is 379 g/mol. The summed E-state index contributed by atoms with van der Waals surface area (Å²) in [6.45, 7) is 3.98. The quantitative estimate of drug-likeness (QED) is 0.684. The van der Waals surface area contributed by atoms with E-state index in [0.717, 1.165) is 17.7 Å². The third-order valence-corrected chi connectivity index (χ3v) is 5.59. The third kappa shape index (κ3) is 6.53. The van der Waals surface area contributed by atoms with Gasteiger partial charge in [-0.1, -0.05) is 60.0 Å². The predicted octanol–water partition coefficient (Wildman–Crippen LogP) is 5.23. The largest absolute Gasteiger partial charge is 0.352 e. The molecule has 3 nitrogen and oxygen atoms in total. The van der Waals surface area contributed by atoms with Crippen molar-refractivity contribution in [1.82, 2.24) is 10.2 Å². The lowest BCUT2D eigenvalue weighted by atomic mass is 10.1. The van der Waals surface area contributed by atoms with E-state index in [9.17, 15) is 4.79 Å². The highest BCUT2D eigenvalue weighted by Crippen LogP contribution is 2.22. The van der Waals surface area contributed by atoms with Gasteiger partial charge in [-0.15, -0.1) is 0 Å². The highest BCUT2D eigenvalue weighted by Gasteiger charge is 2.10. The monoisotopic (exact) mass is 404 g/mol. The van der Waals surface area contributed by atoms with Crippen molar-refractivity contribution in [3.8, 4) is 0 Å². The topological polar surface area (TPSA) is 32.3 Å². The van der Waals surface area contributed by atoms with Gasteiger partial charge < -0.3 is 5.32 Å². The Kier molecular flexibility index (Phi) is 7.57. The Morgan fingerprint density at radius 2 is 1.67 bits per heavy atom. The Hall–Kier alpha value is -1.55. The second-order valence-electron chi connectivity index (χ2n) is 7.17. The van der Waals surface area contributed by atoms with Crippen molar-refractivity contribution in [2.45, 2.75) is 45.2 Å². The summed E-state index contributed by atoms with van der Waals surface area (Å²) in [5, 5.41) is 4.20. The van der Waals surface area contributed by atoms with Crippen LogP contribution in [-0.4, -0.2) is 23.9 Å². The second kappa shape index (κ2) is 10.1. The van der Waals surface area contributed by atoms with Crippen molar-refractivity contribution in [3.63, 3.8) is 0 Å². The van der Waals surface area contributed by atoms with Crippen LogP contribution in [0.15, 0.2) is 42.5 Å². The van der Waals surface area contributed by atoms with Gasteiger partial charge >= 0.3 is 0 Å². The van der Waals surface area contributed by atoms with E-state index in [0.29, 0.717) is 29.4 Å². The number of likely N-dealkylation sites (tertiary alicyclic amines) is 1. The molecule has 0 bridgehead atoms. The molecule has 144 valence electrons. The smallest absolute Gasteiger partial charge is 0.220 e. The maximum Gasteiger partial charge on any atom is 0.220 e. The Balaban J connectivity index is 1.41. The van der Waals surface area contributed by atoms with E-state index < -0.39 is 0 Å². The van der Waals surface area contributed by atoms with Gasteiger partial charge in [-0.2, -0.15) is 0 Å². The second-order valence-corrected chi connectivity index (χ2v) is 8.01. The van der Waals surface area contributed by atoms with E-state index >= 15 is 0 Å². The fourth-order valence-corrected chi connectivity index (χ4v) is 3.90. The first-order chi connectivity index (χ1) is 13.1. The van der Waals surface area contributed by atoms with Crippen LogP contribution in [0, 0.1) is 0 Å². The average Bonchev–Trinajstić information content (AvgIpc) is 2.67. The number of carbonyl (C=O) groups is 1. The molecule has 5 heteroatoms. The first-order valence-electron chi connectivity index (χ1n) is 9.61. The van der Waals surface area contributed by atoms with Crippen LogP contribution in [0.4, 0.5) is 0 Å². The number of carbonyl (C=O) groups excluding carboxylic acids is 1. The SMILES string of the molecule is O=C(CCc1ccc(Cl)cc1Cl)NCc1ccc(CN2CCCCC2)cc1. The normalized spacial score (nSPS) is 14.9. The zero-order valence-electron chi connectivity index (χ0n) is 15.5. The summed E-state index contributed by atoms with van der Waals surface area (Å²) < 4.78 is 0. The minimum absolute atomic E-state index is 0.0263. The van der Waals surface area contributed by atoms with Crippen LogP contribution < -0.4 is 5.32 Å². The lowest BCUT2D eigenvalue weighted by Crippen LogP contribution is -2.29. The molecular formula is C22H26Cl2N2O. The summed E-state index contributed by atoms with van der Waals surface area (Å²) in [6.07, 6.45) is 5.00. The molecule has 0 atom stereocenters. The number of amides is 1. The van der Waals surface area contributed by atoms with Crippen molar-refractivity contribution in [2.75, 3.05) is 13.1 Å². The van der Waals surface area contributed by atoms with Gasteiger partial charge in [0.25, 0.3) is 0 Å². The van der Waals surface area contributed by atoms with Crippen LogP contribution in [0.3, 0.4) is 0 Å². The summed E-state index contributed by atoms with van der Waals surface area (Å²) in [7, 11) is 0. The van der Waals surface area contributed by atoms with E-state index in [4.69, 9.17) is 23.2 Å². The van der Waals surface area contributed by atoms with E-state index in [1.54, 1.807) is 12.1 Å². The Labute approximate surface area is 171 Å². The number of hydrogen-bond acceptors (Lipinski definition) is 2. The van der Waals surface area contributed by atoms with Crippen LogP contribution in [0.5, 0.6) is 0 Å². The van der Waals surface area contributed by atoms with Gasteiger partial charge in [0.1, 0.15) is 0 Å². The van der Waals surface area contributed by atoms with Crippen LogP contribution >= 0.6 is 23.2 Å². The predicted molar refractivity (Wildman–Crippen MR) is 112 cm³/mol. The van der Waals surface area contributed by atoms with Gasteiger partial charge in [0.15, 0.2) is 0 Å². The average molecular weight is 405 g/mol. The molecule has 1 aliphatic heterocycles. The number of aryl methyl sites for hydroxylation is 1. The first-order valence-corrected chi connectivity index (χ1v) is 10.4. The Morgan fingerprint density at radius 3 is 2.37 bits per heavy atom. The molecule has 1 amide bonds. The van der Waals surface area contributed by atoms with Crippen molar-refractivity contribution >= 4 is 29.1 Å². The molecule has 27 heavy (non-hydrogen) atoms. The standard InChI is InChI=1S/C22H26Cl2N2O/c23-20-10-8-19(21(24)14-20)9-11-22(27)25-15-17-4-6-18(7-5-17)16-26-12-2-1-3-13-26/h4-8,10,14H,1-3,9,11-13,15-16H2,(H,25,27). The molecule has 0 radical (unpaired) electrons. The molecule has 0 aromatic heterocycles. The zero-order chi connectivity index (χ0) is 19.1. The van der Waals surface area contributed by atoms with Crippen molar-refractivity contribution < 1.29 is 4.79 Å². The number of piperidine rings is 1. The van der Waals surface area contributed by atoms with Crippen molar-refractivity contribution in [2.24, 2.45) is 0 Å². The van der Waals surface area contributed by atoms with Crippen LogP contribution in [0.25, 0.3) is 0 Å². The molecule has 3 rings (SSSR count). The minimum Gasteiger partial charge on any atom is -0.352 e. The number of hydrogen-bond donors (Lipinski definition) is 1. The van der Waals surface area contributed by atoms with Gasteiger partial charge in [0.2, 0.25) is 5.91 Å². The summed E-state index contributed by atoms with van der Waals surface area (Å²) in [5.74, 6) is 0.0263. The summed E-state index contributed by atoms with van der Waals surface area (Å²) in [5.41, 5.74) is 3.40. The van der Waals surface area contributed by atoms with E-state index in [1.807, 2.05) is 6.07 Å². The molecule has 2 aromatic carbocycles. The number of rotatable bonds is 7. The maximum atomic E-state index is 12.1. The van der Waals surface area contributed by atoms with E-state index in [-0.39, 0.29) is 5.91 Å². The zero-order valence-corrected chi connectivity index (χ0v) is 17.0. The lowest BCUT2D eigenvalue weighted by Gasteiger charge is -2.26. The summed E-state index contributed by atoms with van der Waals surface area (Å²) >= 11 is 12.0. The van der Waals surface area contributed by atoms with Crippen LogP contribution in [-0.2, 0) is 24.3 Å². The van der Waals surface area contributed by atoms with Gasteiger partial charge in [-0.3, -0.25) is 9.69 Å². The number of benzene rings is 2. The number of nitrogens with one attached hydrogen (secondary N) is 1. The molecule has 2 aromatic rings. The molecule has 0 spiro atoms. The molecule has 0 unspecified atom stereocenters. The minimum atomic E-state index is 0.0263. The molecule has 0 saturated carbocycles. The highest BCUT2D eigenvalue weighted by molar-refractivity contribution is 6.35.